The van der Waals surface area contributed by atoms with Crippen molar-refractivity contribution in [3.05, 3.63) is 136 Å². The van der Waals surface area contributed by atoms with E-state index in [1.165, 1.54) is 60.3 Å². The second kappa shape index (κ2) is 13.9. The van der Waals surface area contributed by atoms with Gasteiger partial charge in [0.1, 0.15) is 11.5 Å². The van der Waals surface area contributed by atoms with Gasteiger partial charge in [-0.2, -0.15) is 0 Å². The first kappa shape index (κ1) is 29.7. The fraction of sp³-hybridized carbons (Fsp3) is 0.0645. The minimum absolute atomic E-state index is 0.0826. The van der Waals surface area contributed by atoms with Gasteiger partial charge in [-0.25, -0.2) is 4.39 Å². The van der Waals surface area contributed by atoms with Crippen molar-refractivity contribution in [1.29, 1.82) is 0 Å². The van der Waals surface area contributed by atoms with Gasteiger partial charge >= 0.3 is 0 Å². The van der Waals surface area contributed by atoms with Crippen molar-refractivity contribution in [2.75, 3.05) is 10.6 Å². The Kier molecular flexibility index (Phi) is 9.80. The number of nitro groups is 1. The Balaban J connectivity index is 1.46. The zero-order valence-electron chi connectivity index (χ0n) is 22.2. The lowest BCUT2D eigenvalue weighted by molar-refractivity contribution is -0.384. The highest BCUT2D eigenvalue weighted by molar-refractivity contribution is 8.00. The molecule has 11 heteroatoms. The number of rotatable bonds is 10. The average molecular weight is 585 g/mol. The molecule has 0 aliphatic rings. The van der Waals surface area contributed by atoms with Gasteiger partial charge in [0.15, 0.2) is 0 Å². The van der Waals surface area contributed by atoms with E-state index >= 15 is 0 Å². The average Bonchev–Trinajstić information content (AvgIpc) is 2.98. The summed E-state index contributed by atoms with van der Waals surface area (Å²) in [5, 5.41) is 18.3. The van der Waals surface area contributed by atoms with E-state index in [2.05, 4.69) is 16.0 Å². The monoisotopic (exact) mass is 584 g/mol. The maximum atomic E-state index is 14.4. The number of amides is 3. The standard InChI is InChI=1S/C31H25FN4O5S/c1-20(29(37)33-23-14-16-25(17-15-23)36(40)41)42-26-12-7-11-24(19-26)34-31(39)28(18-22-10-5-6-13-27(22)32)35-30(38)21-8-3-2-4-9-21/h2-20H,1H3,(H,33,37)(H,34,39)(H,35,38)/b28-18-. The number of anilines is 2. The second-order valence-electron chi connectivity index (χ2n) is 8.93. The summed E-state index contributed by atoms with van der Waals surface area (Å²) in [5.74, 6) is -2.09. The predicted molar refractivity (Wildman–Crippen MR) is 160 cm³/mol. The summed E-state index contributed by atoms with van der Waals surface area (Å²) in [7, 11) is 0. The molecular weight excluding hydrogens is 559 g/mol. The number of carbonyl (C=O) groups excluding carboxylic acids is 3. The Morgan fingerprint density at radius 1 is 0.857 bits per heavy atom. The molecule has 4 aromatic carbocycles. The number of thioether (sulfide) groups is 1. The van der Waals surface area contributed by atoms with E-state index in [-0.39, 0.29) is 22.9 Å². The van der Waals surface area contributed by atoms with E-state index in [0.717, 1.165) is 0 Å². The van der Waals surface area contributed by atoms with Gasteiger partial charge in [0, 0.05) is 39.5 Å². The Hall–Kier alpha value is -5.29. The van der Waals surface area contributed by atoms with Gasteiger partial charge in [0.05, 0.1) is 10.2 Å². The summed E-state index contributed by atoms with van der Waals surface area (Å²) in [5.41, 5.74) is 1.01. The van der Waals surface area contributed by atoms with Gasteiger partial charge in [0.2, 0.25) is 5.91 Å². The molecule has 0 aromatic heterocycles. The summed E-state index contributed by atoms with van der Waals surface area (Å²) < 4.78 is 14.4. The van der Waals surface area contributed by atoms with Gasteiger partial charge < -0.3 is 16.0 Å². The summed E-state index contributed by atoms with van der Waals surface area (Å²) in [6.45, 7) is 1.70. The highest BCUT2D eigenvalue weighted by Crippen LogP contribution is 2.27. The van der Waals surface area contributed by atoms with Crippen molar-refractivity contribution < 1.29 is 23.7 Å². The van der Waals surface area contributed by atoms with E-state index in [4.69, 9.17) is 0 Å². The number of hydrogen-bond donors (Lipinski definition) is 3. The lowest BCUT2D eigenvalue weighted by atomic mass is 10.1. The number of carbonyl (C=O) groups is 3. The second-order valence-corrected chi connectivity index (χ2v) is 10.3. The molecule has 0 saturated heterocycles. The van der Waals surface area contributed by atoms with Crippen LogP contribution in [0.5, 0.6) is 0 Å². The van der Waals surface area contributed by atoms with E-state index in [1.54, 1.807) is 67.6 Å². The van der Waals surface area contributed by atoms with Gasteiger partial charge in [-0.3, -0.25) is 24.5 Å². The molecule has 0 spiro atoms. The van der Waals surface area contributed by atoms with E-state index in [9.17, 15) is 28.9 Å². The van der Waals surface area contributed by atoms with Crippen LogP contribution in [0.25, 0.3) is 6.08 Å². The number of nitro benzene ring substituents is 1. The SMILES string of the molecule is CC(Sc1cccc(NC(=O)/C(=C/c2ccccc2F)NC(=O)c2ccccc2)c1)C(=O)Nc1ccc([N+](=O)[O-])cc1. The molecule has 1 unspecified atom stereocenters. The molecule has 4 rings (SSSR count). The van der Waals surface area contributed by atoms with Crippen molar-refractivity contribution in [2.45, 2.75) is 17.1 Å². The van der Waals surface area contributed by atoms with Crippen LogP contribution in [0.15, 0.2) is 114 Å². The molecule has 0 saturated carbocycles. The molecule has 3 amide bonds. The van der Waals surface area contributed by atoms with E-state index < -0.39 is 27.8 Å². The van der Waals surface area contributed by atoms with Crippen molar-refractivity contribution >= 4 is 52.6 Å². The maximum absolute atomic E-state index is 14.4. The molecule has 4 aromatic rings. The minimum Gasteiger partial charge on any atom is -0.325 e. The van der Waals surface area contributed by atoms with Crippen molar-refractivity contribution in [3.63, 3.8) is 0 Å². The molecule has 42 heavy (non-hydrogen) atoms. The minimum atomic E-state index is -0.673. The maximum Gasteiger partial charge on any atom is 0.272 e. The zero-order valence-corrected chi connectivity index (χ0v) is 23.1. The number of hydrogen-bond acceptors (Lipinski definition) is 6. The molecule has 0 radical (unpaired) electrons. The van der Waals surface area contributed by atoms with Crippen LogP contribution in [0, 0.1) is 15.9 Å². The number of nitrogens with one attached hydrogen (secondary N) is 3. The number of nitrogens with zero attached hydrogens (tertiary/aromatic N) is 1. The summed E-state index contributed by atoms with van der Waals surface area (Å²) in [6, 6.07) is 26.5. The molecule has 0 aliphatic heterocycles. The topological polar surface area (TPSA) is 130 Å². The highest BCUT2D eigenvalue weighted by Gasteiger charge is 2.18. The number of non-ortho nitro benzene ring substituents is 1. The predicted octanol–water partition coefficient (Wildman–Crippen LogP) is 6.26. The molecule has 0 aliphatic carbocycles. The fourth-order valence-electron chi connectivity index (χ4n) is 3.70. The molecule has 3 N–H and O–H groups in total. The Labute approximate surface area is 245 Å². The van der Waals surface area contributed by atoms with Gasteiger partial charge in [-0.05, 0) is 61.5 Å². The van der Waals surface area contributed by atoms with Crippen molar-refractivity contribution in [3.8, 4) is 0 Å². The van der Waals surface area contributed by atoms with E-state index in [1.807, 2.05) is 0 Å². The smallest absolute Gasteiger partial charge is 0.272 e. The zero-order chi connectivity index (χ0) is 30.1. The van der Waals surface area contributed by atoms with E-state index in [0.29, 0.717) is 21.8 Å². The normalized spacial score (nSPS) is 11.7. The van der Waals surface area contributed by atoms with Crippen molar-refractivity contribution in [2.24, 2.45) is 0 Å². The summed E-state index contributed by atoms with van der Waals surface area (Å²) >= 11 is 1.24. The Morgan fingerprint density at radius 3 is 2.24 bits per heavy atom. The van der Waals surface area contributed by atoms with Gasteiger partial charge in [-0.1, -0.05) is 42.5 Å². The lowest BCUT2D eigenvalue weighted by Gasteiger charge is -2.14. The first-order valence-electron chi connectivity index (χ1n) is 12.7. The Morgan fingerprint density at radius 2 is 1.55 bits per heavy atom. The fourth-order valence-corrected chi connectivity index (χ4v) is 4.63. The molecule has 0 heterocycles. The largest absolute Gasteiger partial charge is 0.325 e. The van der Waals surface area contributed by atoms with Gasteiger partial charge in [-0.15, -0.1) is 11.8 Å². The third-order valence-corrected chi connectivity index (χ3v) is 6.95. The summed E-state index contributed by atoms with van der Waals surface area (Å²) in [4.78, 5) is 49.8. The first-order chi connectivity index (χ1) is 20.2. The number of halogens is 1. The quantitative estimate of drug-likeness (QED) is 0.0873. The molecule has 0 bridgehead atoms. The number of benzene rings is 4. The van der Waals surface area contributed by atoms with Crippen LogP contribution in [-0.4, -0.2) is 27.9 Å². The van der Waals surface area contributed by atoms with Crippen LogP contribution >= 0.6 is 11.8 Å². The molecule has 9 nitrogen and oxygen atoms in total. The third-order valence-electron chi connectivity index (χ3n) is 5.85. The van der Waals surface area contributed by atoms with Crippen LogP contribution < -0.4 is 16.0 Å². The van der Waals surface area contributed by atoms with Crippen LogP contribution in [0.3, 0.4) is 0 Å². The van der Waals surface area contributed by atoms with Gasteiger partial charge in [0.25, 0.3) is 17.5 Å². The Bertz CT molecular complexity index is 1640. The highest BCUT2D eigenvalue weighted by atomic mass is 32.2. The summed E-state index contributed by atoms with van der Waals surface area (Å²) in [6.07, 6.45) is 1.26. The molecule has 1 atom stereocenters. The van der Waals surface area contributed by atoms with Crippen LogP contribution in [0.2, 0.25) is 0 Å². The molecular formula is C31H25FN4O5S. The van der Waals surface area contributed by atoms with Crippen LogP contribution in [0.1, 0.15) is 22.8 Å². The van der Waals surface area contributed by atoms with Crippen molar-refractivity contribution in [1.82, 2.24) is 5.32 Å². The lowest BCUT2D eigenvalue weighted by Crippen LogP contribution is -2.30. The molecule has 0 fully saturated rings. The van der Waals surface area contributed by atoms with Crippen LogP contribution in [-0.2, 0) is 9.59 Å². The molecule has 212 valence electrons. The van der Waals surface area contributed by atoms with Crippen LogP contribution in [0.4, 0.5) is 21.5 Å². The first-order valence-corrected chi connectivity index (χ1v) is 13.5. The third kappa shape index (κ3) is 8.12.